The van der Waals surface area contributed by atoms with Crippen LogP contribution in [-0.4, -0.2) is 37.7 Å². The summed E-state index contributed by atoms with van der Waals surface area (Å²) in [4.78, 5) is 12.9. The van der Waals surface area contributed by atoms with Crippen LogP contribution in [0.4, 0.5) is 19.0 Å². The molecule has 3 heterocycles. The molecule has 1 amide bonds. The Morgan fingerprint density at radius 2 is 2.07 bits per heavy atom. The van der Waals surface area contributed by atoms with Crippen molar-refractivity contribution in [1.29, 1.82) is 0 Å². The van der Waals surface area contributed by atoms with Crippen LogP contribution in [0.2, 0.25) is 0 Å². The quantitative estimate of drug-likeness (QED) is 0.781. The van der Waals surface area contributed by atoms with Gasteiger partial charge in [-0.15, -0.1) is 0 Å². The Hall–Kier alpha value is -2.52. The lowest BCUT2D eigenvalue weighted by atomic mass is 10.0. The highest BCUT2D eigenvalue weighted by atomic mass is 19.4. The van der Waals surface area contributed by atoms with Gasteiger partial charge in [-0.2, -0.15) is 23.4 Å². The lowest BCUT2D eigenvalue weighted by molar-refractivity contribution is -0.173. The standard InChI is InChI=1S/C19H27F3N6O/c1-6-13-8-15(19(20,21)22)28-17(25-13)14(9-23-28)18(29)24-10(3)16-11(4)26-27(7-2)12(16)5/h9-10,13,15,25H,6-8H2,1-5H3,(H,24,29)/t10-,13-,15-/m0/s1. The van der Waals surface area contributed by atoms with Crippen LogP contribution in [0.1, 0.15) is 73.0 Å². The van der Waals surface area contributed by atoms with E-state index in [1.807, 2.05) is 39.3 Å². The van der Waals surface area contributed by atoms with E-state index in [2.05, 4.69) is 20.8 Å². The van der Waals surface area contributed by atoms with Crippen molar-refractivity contribution < 1.29 is 18.0 Å². The van der Waals surface area contributed by atoms with Crippen LogP contribution < -0.4 is 10.6 Å². The van der Waals surface area contributed by atoms with Crippen molar-refractivity contribution in [3.8, 4) is 0 Å². The van der Waals surface area contributed by atoms with E-state index < -0.39 is 18.1 Å². The number of hydrogen-bond acceptors (Lipinski definition) is 4. The molecule has 0 aliphatic carbocycles. The molecule has 160 valence electrons. The van der Waals surface area contributed by atoms with E-state index in [4.69, 9.17) is 0 Å². The van der Waals surface area contributed by atoms with Gasteiger partial charge in [0.15, 0.2) is 6.04 Å². The third-order valence-corrected chi connectivity index (χ3v) is 5.57. The molecule has 0 radical (unpaired) electrons. The molecule has 0 spiro atoms. The summed E-state index contributed by atoms with van der Waals surface area (Å²) < 4.78 is 43.2. The molecule has 1 aliphatic heterocycles. The summed E-state index contributed by atoms with van der Waals surface area (Å²) in [6.45, 7) is 10.2. The third kappa shape index (κ3) is 3.84. The average molecular weight is 412 g/mol. The van der Waals surface area contributed by atoms with Crippen molar-refractivity contribution in [1.82, 2.24) is 24.9 Å². The first kappa shape index (κ1) is 21.2. The van der Waals surface area contributed by atoms with E-state index >= 15 is 0 Å². The normalized spacial score (nSPS) is 20.1. The Balaban J connectivity index is 1.88. The lowest BCUT2D eigenvalue weighted by Gasteiger charge is -2.33. The molecule has 2 aromatic heterocycles. The van der Waals surface area contributed by atoms with E-state index in [1.54, 1.807) is 0 Å². The predicted molar refractivity (Wildman–Crippen MR) is 103 cm³/mol. The summed E-state index contributed by atoms with van der Waals surface area (Å²) in [6.07, 6.45) is -2.82. The number of nitrogens with one attached hydrogen (secondary N) is 2. The highest BCUT2D eigenvalue weighted by Crippen LogP contribution is 2.40. The van der Waals surface area contributed by atoms with E-state index in [-0.39, 0.29) is 29.9 Å². The number of amides is 1. The summed E-state index contributed by atoms with van der Waals surface area (Å²) in [6, 6.07) is -2.46. The van der Waals surface area contributed by atoms with Gasteiger partial charge in [0.1, 0.15) is 11.4 Å². The van der Waals surface area contributed by atoms with Gasteiger partial charge in [0.05, 0.1) is 17.9 Å². The summed E-state index contributed by atoms with van der Waals surface area (Å²) in [5.41, 5.74) is 2.79. The molecular weight excluding hydrogens is 385 g/mol. The van der Waals surface area contributed by atoms with Crippen LogP contribution in [0.5, 0.6) is 0 Å². The van der Waals surface area contributed by atoms with Gasteiger partial charge in [0, 0.05) is 23.8 Å². The number of aryl methyl sites for hydroxylation is 2. The van der Waals surface area contributed by atoms with E-state index in [0.29, 0.717) is 13.0 Å². The fourth-order valence-electron chi connectivity index (χ4n) is 4.06. The summed E-state index contributed by atoms with van der Waals surface area (Å²) in [5.74, 6) is -0.347. The van der Waals surface area contributed by atoms with Gasteiger partial charge in [0.25, 0.3) is 5.91 Å². The number of alkyl halides is 3. The number of rotatable bonds is 5. The second-order valence-electron chi connectivity index (χ2n) is 7.49. The maximum Gasteiger partial charge on any atom is 0.410 e. The number of anilines is 1. The Kier molecular flexibility index (Phi) is 5.64. The average Bonchev–Trinajstić information content (AvgIpc) is 3.20. The number of halogens is 3. The largest absolute Gasteiger partial charge is 0.410 e. The Morgan fingerprint density at radius 1 is 1.38 bits per heavy atom. The summed E-state index contributed by atoms with van der Waals surface area (Å²) >= 11 is 0. The molecule has 2 N–H and O–H groups in total. The molecule has 3 atom stereocenters. The second kappa shape index (κ2) is 7.72. The highest BCUT2D eigenvalue weighted by molar-refractivity contribution is 5.99. The zero-order valence-corrected chi connectivity index (χ0v) is 17.3. The van der Waals surface area contributed by atoms with Gasteiger partial charge in [-0.25, -0.2) is 4.68 Å². The fraction of sp³-hybridized carbons (Fsp3) is 0.632. The van der Waals surface area contributed by atoms with Gasteiger partial charge < -0.3 is 10.6 Å². The molecule has 2 aromatic rings. The third-order valence-electron chi connectivity index (χ3n) is 5.57. The van der Waals surface area contributed by atoms with Crippen molar-refractivity contribution >= 4 is 11.7 Å². The number of carbonyl (C=O) groups is 1. The molecule has 0 unspecified atom stereocenters. The van der Waals surface area contributed by atoms with E-state index in [9.17, 15) is 18.0 Å². The monoisotopic (exact) mass is 412 g/mol. The Labute approximate surface area is 167 Å². The topological polar surface area (TPSA) is 76.8 Å². The van der Waals surface area contributed by atoms with Crippen LogP contribution in [-0.2, 0) is 6.54 Å². The fourth-order valence-corrected chi connectivity index (χ4v) is 4.06. The number of fused-ring (bicyclic) bond motifs is 1. The smallest absolute Gasteiger partial charge is 0.367 e. The van der Waals surface area contributed by atoms with Crippen LogP contribution >= 0.6 is 0 Å². The molecule has 1 aliphatic rings. The van der Waals surface area contributed by atoms with Crippen LogP contribution in [0.15, 0.2) is 6.20 Å². The molecule has 10 heteroatoms. The molecule has 0 saturated heterocycles. The molecule has 0 bridgehead atoms. The molecule has 0 saturated carbocycles. The van der Waals surface area contributed by atoms with Crippen molar-refractivity contribution in [3.05, 3.63) is 28.7 Å². The van der Waals surface area contributed by atoms with Gasteiger partial charge in [-0.3, -0.25) is 9.48 Å². The molecule has 7 nitrogen and oxygen atoms in total. The zero-order valence-electron chi connectivity index (χ0n) is 17.3. The minimum Gasteiger partial charge on any atom is -0.367 e. The Bertz CT molecular complexity index is 901. The van der Waals surface area contributed by atoms with Crippen molar-refractivity contribution in [3.63, 3.8) is 0 Å². The first-order chi connectivity index (χ1) is 13.6. The summed E-state index contributed by atoms with van der Waals surface area (Å²) in [7, 11) is 0. The van der Waals surface area contributed by atoms with Crippen molar-refractivity contribution in [2.75, 3.05) is 5.32 Å². The van der Waals surface area contributed by atoms with Gasteiger partial charge >= 0.3 is 6.18 Å². The van der Waals surface area contributed by atoms with Gasteiger partial charge in [0.2, 0.25) is 0 Å². The lowest BCUT2D eigenvalue weighted by Crippen LogP contribution is -2.39. The number of hydrogen-bond donors (Lipinski definition) is 2. The number of aromatic nitrogens is 4. The van der Waals surface area contributed by atoms with Gasteiger partial charge in [-0.05, 0) is 40.5 Å². The Morgan fingerprint density at radius 3 is 2.62 bits per heavy atom. The first-order valence-corrected chi connectivity index (χ1v) is 9.83. The van der Waals surface area contributed by atoms with Crippen LogP contribution in [0, 0.1) is 13.8 Å². The molecule has 29 heavy (non-hydrogen) atoms. The van der Waals surface area contributed by atoms with E-state index in [1.165, 1.54) is 6.20 Å². The number of nitrogens with zero attached hydrogens (tertiary/aromatic N) is 4. The zero-order chi connectivity index (χ0) is 21.5. The minimum absolute atomic E-state index is 0.110. The molecular formula is C19H27F3N6O. The van der Waals surface area contributed by atoms with Gasteiger partial charge in [-0.1, -0.05) is 6.92 Å². The van der Waals surface area contributed by atoms with Crippen molar-refractivity contribution in [2.45, 2.75) is 78.3 Å². The number of carbonyl (C=O) groups excluding carboxylic acids is 1. The molecule has 3 rings (SSSR count). The maximum atomic E-state index is 13.5. The SMILES string of the molecule is CC[C@H]1C[C@@H](C(F)(F)F)n2ncc(C(=O)N[C@@H](C)c3c(C)nn(CC)c3C)c2N1. The van der Waals surface area contributed by atoms with Crippen LogP contribution in [0.3, 0.4) is 0 Å². The molecule has 0 fully saturated rings. The van der Waals surface area contributed by atoms with Crippen LogP contribution in [0.25, 0.3) is 0 Å². The predicted octanol–water partition coefficient (Wildman–Crippen LogP) is 3.90. The minimum atomic E-state index is -4.43. The maximum absolute atomic E-state index is 13.5. The van der Waals surface area contributed by atoms with E-state index in [0.717, 1.165) is 21.6 Å². The first-order valence-electron chi connectivity index (χ1n) is 9.83. The highest BCUT2D eigenvalue weighted by Gasteiger charge is 2.46. The second-order valence-corrected chi connectivity index (χ2v) is 7.49. The summed E-state index contributed by atoms with van der Waals surface area (Å²) in [5, 5.41) is 14.3. The van der Waals surface area contributed by atoms with Crippen molar-refractivity contribution in [2.24, 2.45) is 0 Å². The molecule has 0 aromatic carbocycles.